The molecule has 0 spiro atoms. The lowest BCUT2D eigenvalue weighted by Gasteiger charge is -2.06. The summed E-state index contributed by atoms with van der Waals surface area (Å²) in [4.78, 5) is 0. The lowest BCUT2D eigenvalue weighted by atomic mass is 10.1. The summed E-state index contributed by atoms with van der Waals surface area (Å²) in [7, 11) is 0. The van der Waals surface area contributed by atoms with E-state index in [1.54, 1.807) is 0 Å². The van der Waals surface area contributed by atoms with E-state index < -0.39 is 6.43 Å². The Morgan fingerprint density at radius 2 is 1.71 bits per heavy atom. The molecule has 2 aromatic rings. The summed E-state index contributed by atoms with van der Waals surface area (Å²) in [5, 5.41) is 2.61. The largest absolute Gasteiger partial charge is 0.291 e. The van der Waals surface area contributed by atoms with Crippen LogP contribution < -0.4 is 0 Å². The Kier molecular flexibility index (Phi) is 3.11. The number of rotatable bonds is 2. The zero-order valence-electron chi connectivity index (χ0n) is 9.50. The second kappa shape index (κ2) is 4.41. The van der Waals surface area contributed by atoms with Crippen LogP contribution in [0.1, 0.15) is 23.2 Å². The van der Waals surface area contributed by atoms with Gasteiger partial charge in [-0.1, -0.05) is 18.3 Å². The molecule has 0 aliphatic rings. The molecule has 5 heteroatoms. The normalized spacial score (nSPS) is 11.1. The smallest absolute Gasteiger partial charge is 0.279 e. The molecule has 1 aromatic heterocycles. The highest BCUT2D eigenvalue weighted by atomic mass is 32.1. The predicted octanol–water partition coefficient (Wildman–Crippen LogP) is 4.09. The van der Waals surface area contributed by atoms with Crippen LogP contribution in [0.5, 0.6) is 0 Å². The van der Waals surface area contributed by atoms with E-state index in [2.05, 4.69) is 5.10 Å². The summed E-state index contributed by atoms with van der Waals surface area (Å²) >= 11 is 5.06. The Hall–Kier alpha value is -1.49. The SMILES string of the molecule is Cc1cc(C)cc(-n2[nH]c(C(F)F)cc2=S)c1. The van der Waals surface area contributed by atoms with Crippen molar-refractivity contribution in [3.05, 3.63) is 45.7 Å². The third kappa shape index (κ3) is 2.44. The molecule has 1 heterocycles. The van der Waals surface area contributed by atoms with Crippen LogP contribution in [0.15, 0.2) is 24.3 Å². The van der Waals surface area contributed by atoms with Gasteiger partial charge in [-0.05, 0) is 37.1 Å². The standard InChI is InChI=1S/C12H12F2N2S/c1-7-3-8(2)5-9(4-7)16-11(17)6-10(15-16)12(13)14/h3-6,12,15H,1-2H3. The van der Waals surface area contributed by atoms with Gasteiger partial charge in [0, 0.05) is 6.07 Å². The van der Waals surface area contributed by atoms with Gasteiger partial charge in [0.1, 0.15) is 10.3 Å². The van der Waals surface area contributed by atoms with Crippen LogP contribution in [0.2, 0.25) is 0 Å². The maximum Gasteiger partial charge on any atom is 0.279 e. The van der Waals surface area contributed by atoms with Crippen molar-refractivity contribution in [2.45, 2.75) is 20.3 Å². The first-order valence-corrected chi connectivity index (χ1v) is 5.57. The second-order valence-corrected chi connectivity index (χ2v) is 4.45. The summed E-state index contributed by atoms with van der Waals surface area (Å²) in [5.41, 5.74) is 2.75. The van der Waals surface area contributed by atoms with Crippen molar-refractivity contribution in [1.82, 2.24) is 9.78 Å². The van der Waals surface area contributed by atoms with Gasteiger partial charge in [-0.25, -0.2) is 13.5 Å². The van der Waals surface area contributed by atoms with Crippen molar-refractivity contribution in [3.8, 4) is 5.69 Å². The number of aromatic amines is 1. The number of nitrogens with one attached hydrogen (secondary N) is 1. The zero-order chi connectivity index (χ0) is 12.6. The molecule has 2 rings (SSSR count). The van der Waals surface area contributed by atoms with Gasteiger partial charge in [0.25, 0.3) is 6.43 Å². The average molecular weight is 254 g/mol. The Labute approximate surface area is 103 Å². The molecule has 0 atom stereocenters. The van der Waals surface area contributed by atoms with Crippen LogP contribution in [0.25, 0.3) is 5.69 Å². The van der Waals surface area contributed by atoms with Gasteiger partial charge in [0.15, 0.2) is 0 Å². The summed E-state index contributed by atoms with van der Waals surface area (Å²) in [6.07, 6.45) is -2.54. The quantitative estimate of drug-likeness (QED) is 0.800. The van der Waals surface area contributed by atoms with Crippen molar-refractivity contribution in [2.75, 3.05) is 0 Å². The average Bonchev–Trinajstić information content (AvgIpc) is 2.59. The third-order valence-corrected chi connectivity index (χ3v) is 2.74. The molecule has 0 unspecified atom stereocenters. The fourth-order valence-corrected chi connectivity index (χ4v) is 2.08. The highest BCUT2D eigenvalue weighted by Gasteiger charge is 2.11. The van der Waals surface area contributed by atoms with Crippen LogP contribution in [-0.2, 0) is 0 Å². The molecule has 2 nitrogen and oxygen atoms in total. The Morgan fingerprint density at radius 1 is 1.12 bits per heavy atom. The van der Waals surface area contributed by atoms with Crippen molar-refractivity contribution in [3.63, 3.8) is 0 Å². The van der Waals surface area contributed by atoms with Crippen LogP contribution in [-0.4, -0.2) is 9.78 Å². The fourth-order valence-electron chi connectivity index (χ4n) is 1.80. The van der Waals surface area contributed by atoms with E-state index in [4.69, 9.17) is 12.2 Å². The number of hydrogen-bond acceptors (Lipinski definition) is 1. The molecule has 0 fully saturated rings. The van der Waals surface area contributed by atoms with E-state index >= 15 is 0 Å². The van der Waals surface area contributed by atoms with E-state index in [1.807, 2.05) is 32.0 Å². The molecule has 90 valence electrons. The first-order valence-electron chi connectivity index (χ1n) is 5.16. The lowest BCUT2D eigenvalue weighted by molar-refractivity contribution is 0.145. The molecule has 0 saturated carbocycles. The van der Waals surface area contributed by atoms with E-state index in [9.17, 15) is 8.78 Å². The van der Waals surface area contributed by atoms with Crippen molar-refractivity contribution >= 4 is 12.2 Å². The number of halogens is 2. The molecular weight excluding hydrogens is 242 g/mol. The van der Waals surface area contributed by atoms with Crippen LogP contribution in [0.4, 0.5) is 8.78 Å². The van der Waals surface area contributed by atoms with Gasteiger partial charge < -0.3 is 0 Å². The first kappa shape index (κ1) is 12.0. The highest BCUT2D eigenvalue weighted by Crippen LogP contribution is 2.20. The molecule has 0 amide bonds. The monoisotopic (exact) mass is 254 g/mol. The van der Waals surface area contributed by atoms with Gasteiger partial charge in [0.2, 0.25) is 0 Å². The summed E-state index contributed by atoms with van der Waals surface area (Å²) in [5.74, 6) is 0. The predicted molar refractivity (Wildman–Crippen MR) is 65.4 cm³/mol. The molecule has 1 aromatic carbocycles. The number of nitrogens with zero attached hydrogens (tertiary/aromatic N) is 1. The van der Waals surface area contributed by atoms with Gasteiger partial charge in [-0.15, -0.1) is 0 Å². The van der Waals surface area contributed by atoms with Gasteiger partial charge >= 0.3 is 0 Å². The van der Waals surface area contributed by atoms with Gasteiger partial charge in [-0.3, -0.25) is 5.10 Å². The van der Waals surface area contributed by atoms with E-state index in [0.29, 0.717) is 4.64 Å². The molecule has 0 saturated heterocycles. The van der Waals surface area contributed by atoms with Crippen LogP contribution in [0, 0.1) is 18.5 Å². The first-order chi connectivity index (χ1) is 7.97. The Bertz CT molecular complexity index is 579. The second-order valence-electron chi connectivity index (χ2n) is 4.03. The van der Waals surface area contributed by atoms with E-state index in [1.165, 1.54) is 10.7 Å². The molecule has 0 aliphatic heterocycles. The number of H-pyrrole nitrogens is 1. The maximum atomic E-state index is 12.5. The minimum Gasteiger partial charge on any atom is -0.291 e. The van der Waals surface area contributed by atoms with Crippen molar-refractivity contribution in [1.29, 1.82) is 0 Å². The maximum absolute atomic E-state index is 12.5. The summed E-state index contributed by atoms with van der Waals surface area (Å²) in [6, 6.07) is 7.10. The molecule has 17 heavy (non-hydrogen) atoms. The zero-order valence-corrected chi connectivity index (χ0v) is 10.3. The summed E-state index contributed by atoms with van der Waals surface area (Å²) < 4.78 is 26.9. The van der Waals surface area contributed by atoms with Crippen LogP contribution >= 0.6 is 12.2 Å². The number of benzene rings is 1. The van der Waals surface area contributed by atoms with Gasteiger partial charge in [-0.2, -0.15) is 0 Å². The summed E-state index contributed by atoms with van der Waals surface area (Å²) in [6.45, 7) is 3.91. The molecule has 1 N–H and O–H groups in total. The van der Waals surface area contributed by atoms with E-state index in [-0.39, 0.29) is 5.69 Å². The van der Waals surface area contributed by atoms with Gasteiger partial charge in [0.05, 0.1) is 5.69 Å². The Balaban J connectivity index is 2.56. The number of alkyl halides is 2. The van der Waals surface area contributed by atoms with Crippen molar-refractivity contribution < 1.29 is 8.78 Å². The lowest BCUT2D eigenvalue weighted by Crippen LogP contribution is -1.98. The fraction of sp³-hybridized carbons (Fsp3) is 0.250. The molecule has 0 radical (unpaired) electrons. The van der Waals surface area contributed by atoms with E-state index in [0.717, 1.165) is 16.8 Å². The topological polar surface area (TPSA) is 20.7 Å². The van der Waals surface area contributed by atoms with Crippen molar-refractivity contribution in [2.24, 2.45) is 0 Å². The number of hydrogen-bond donors (Lipinski definition) is 1. The highest BCUT2D eigenvalue weighted by molar-refractivity contribution is 7.71. The van der Waals surface area contributed by atoms with Crippen LogP contribution in [0.3, 0.4) is 0 Å². The molecule has 0 bridgehead atoms. The minimum atomic E-state index is -2.54. The minimum absolute atomic E-state index is 0.158. The number of aromatic nitrogens is 2. The number of aryl methyl sites for hydroxylation is 2. The molecular formula is C12H12F2N2S. The third-order valence-electron chi connectivity index (χ3n) is 2.44. The molecule has 0 aliphatic carbocycles. The Morgan fingerprint density at radius 3 is 2.18 bits per heavy atom.